The quantitative estimate of drug-likeness (QED) is 0.904. The van der Waals surface area contributed by atoms with Crippen molar-refractivity contribution in [1.82, 2.24) is 19.8 Å². The monoisotopic (exact) mass is 300 g/mol. The molecule has 22 heavy (non-hydrogen) atoms. The second-order valence-electron chi connectivity index (χ2n) is 6.74. The summed E-state index contributed by atoms with van der Waals surface area (Å²) in [6, 6.07) is 0.777. The zero-order valence-electron chi connectivity index (χ0n) is 13.0. The molecule has 1 unspecified atom stereocenters. The van der Waals surface area contributed by atoms with Gasteiger partial charge in [-0.2, -0.15) is 0 Å². The van der Waals surface area contributed by atoms with Gasteiger partial charge in [-0.25, -0.2) is 4.98 Å². The van der Waals surface area contributed by atoms with Gasteiger partial charge in [-0.15, -0.1) is 0 Å². The van der Waals surface area contributed by atoms with Gasteiger partial charge in [-0.1, -0.05) is 18.9 Å². The highest BCUT2D eigenvalue weighted by Gasteiger charge is 2.31. The lowest BCUT2D eigenvalue weighted by molar-refractivity contribution is -0.136. The number of rotatable bonds is 2. The van der Waals surface area contributed by atoms with Crippen molar-refractivity contribution in [2.75, 3.05) is 26.2 Å². The van der Waals surface area contributed by atoms with Gasteiger partial charge < -0.3 is 9.88 Å². The van der Waals surface area contributed by atoms with Crippen LogP contribution in [-0.2, 0) is 11.2 Å². The Morgan fingerprint density at radius 2 is 1.95 bits per heavy atom. The summed E-state index contributed by atoms with van der Waals surface area (Å²) in [4.78, 5) is 24.8. The average molecular weight is 300 g/mol. The van der Waals surface area contributed by atoms with Crippen LogP contribution in [0.3, 0.4) is 0 Å². The van der Waals surface area contributed by atoms with Crippen LogP contribution in [0.2, 0.25) is 0 Å². The number of fused-ring (bicyclic) bond motifs is 1. The van der Waals surface area contributed by atoms with Crippen molar-refractivity contribution in [2.24, 2.45) is 5.92 Å². The number of amides is 1. The van der Waals surface area contributed by atoms with E-state index in [2.05, 4.69) is 19.8 Å². The third kappa shape index (κ3) is 2.58. The lowest BCUT2D eigenvalue weighted by atomic mass is 9.94. The zero-order valence-corrected chi connectivity index (χ0v) is 13.0. The highest BCUT2D eigenvalue weighted by atomic mass is 16.2. The molecule has 2 fully saturated rings. The summed E-state index contributed by atoms with van der Waals surface area (Å²) in [6.07, 6.45) is 11.9. The van der Waals surface area contributed by atoms with Crippen molar-refractivity contribution in [3.63, 3.8) is 0 Å². The Hall–Kier alpha value is -1.62. The Morgan fingerprint density at radius 1 is 1.18 bits per heavy atom. The highest BCUT2D eigenvalue weighted by molar-refractivity contribution is 5.83. The van der Waals surface area contributed by atoms with Crippen molar-refractivity contribution < 1.29 is 4.79 Å². The van der Waals surface area contributed by atoms with E-state index < -0.39 is 0 Å². The van der Waals surface area contributed by atoms with Crippen LogP contribution in [0.15, 0.2) is 12.4 Å². The topological polar surface area (TPSA) is 52.2 Å². The maximum atomic E-state index is 12.7. The number of carbonyl (C=O) groups is 1. The molecule has 0 spiro atoms. The van der Waals surface area contributed by atoms with Gasteiger partial charge in [0.1, 0.15) is 0 Å². The van der Waals surface area contributed by atoms with Crippen LogP contribution in [0, 0.1) is 5.92 Å². The maximum absolute atomic E-state index is 12.7. The first-order chi connectivity index (χ1) is 10.8. The van der Waals surface area contributed by atoms with Gasteiger partial charge in [-0.3, -0.25) is 9.69 Å². The number of H-pyrrole nitrogens is 1. The Kier molecular flexibility index (Phi) is 3.74. The fourth-order valence-electron chi connectivity index (χ4n) is 4.11. The summed E-state index contributed by atoms with van der Waals surface area (Å²) in [5.41, 5.74) is 2.07. The van der Waals surface area contributed by atoms with E-state index in [0.29, 0.717) is 0 Å². The van der Waals surface area contributed by atoms with Crippen molar-refractivity contribution in [3.8, 4) is 0 Å². The van der Waals surface area contributed by atoms with Crippen LogP contribution in [0.4, 0.5) is 0 Å². The average Bonchev–Trinajstić information content (AvgIpc) is 3.25. The summed E-state index contributed by atoms with van der Waals surface area (Å²) in [6.45, 7) is 3.86. The van der Waals surface area contributed by atoms with E-state index in [1.165, 1.54) is 25.7 Å². The van der Waals surface area contributed by atoms with E-state index in [1.807, 2.05) is 12.2 Å². The van der Waals surface area contributed by atoms with Gasteiger partial charge in [0.25, 0.3) is 0 Å². The van der Waals surface area contributed by atoms with E-state index in [1.54, 1.807) is 6.33 Å². The van der Waals surface area contributed by atoms with Crippen LogP contribution in [0.5, 0.6) is 0 Å². The molecular formula is C17H24N4O. The SMILES string of the molecule is O=C(C1C=Cc2nc[nH]c2C1)N1CCN(C2CCCC2)CC1. The predicted molar refractivity (Wildman–Crippen MR) is 85.2 cm³/mol. The van der Waals surface area contributed by atoms with Gasteiger partial charge in [0.2, 0.25) is 5.91 Å². The van der Waals surface area contributed by atoms with E-state index in [0.717, 1.165) is 50.0 Å². The molecule has 1 atom stereocenters. The van der Waals surface area contributed by atoms with Gasteiger partial charge in [0.15, 0.2) is 0 Å². The van der Waals surface area contributed by atoms with Crippen LogP contribution in [-0.4, -0.2) is 57.9 Å². The summed E-state index contributed by atoms with van der Waals surface area (Å²) in [7, 11) is 0. The molecule has 1 aromatic heterocycles. The molecule has 5 heteroatoms. The van der Waals surface area contributed by atoms with Crippen molar-refractivity contribution in [3.05, 3.63) is 23.8 Å². The second-order valence-corrected chi connectivity index (χ2v) is 6.74. The number of carbonyl (C=O) groups excluding carboxylic acids is 1. The van der Waals surface area contributed by atoms with E-state index >= 15 is 0 Å². The molecule has 0 radical (unpaired) electrons. The molecule has 1 N–H and O–H groups in total. The lowest BCUT2D eigenvalue weighted by Gasteiger charge is -2.39. The fourth-order valence-corrected chi connectivity index (χ4v) is 4.11. The first-order valence-corrected chi connectivity index (χ1v) is 8.54. The molecule has 1 aromatic rings. The van der Waals surface area contributed by atoms with E-state index in [9.17, 15) is 4.79 Å². The summed E-state index contributed by atoms with van der Waals surface area (Å²) in [5, 5.41) is 0. The zero-order chi connectivity index (χ0) is 14.9. The van der Waals surface area contributed by atoms with Crippen molar-refractivity contribution >= 4 is 12.0 Å². The Labute approximate surface area is 131 Å². The number of aromatic nitrogens is 2. The number of piperazine rings is 1. The Bertz CT molecular complexity index is 565. The van der Waals surface area contributed by atoms with Crippen LogP contribution < -0.4 is 0 Å². The van der Waals surface area contributed by atoms with Crippen LogP contribution in [0.1, 0.15) is 37.1 Å². The lowest BCUT2D eigenvalue weighted by Crippen LogP contribution is -2.52. The number of hydrogen-bond donors (Lipinski definition) is 1. The molecule has 1 amide bonds. The third-order valence-corrected chi connectivity index (χ3v) is 5.45. The molecule has 118 valence electrons. The fraction of sp³-hybridized carbons (Fsp3) is 0.647. The van der Waals surface area contributed by atoms with E-state index in [4.69, 9.17) is 0 Å². The minimum atomic E-state index is -0.0222. The first kappa shape index (κ1) is 14.0. The molecule has 0 bridgehead atoms. The number of imidazole rings is 1. The molecular weight excluding hydrogens is 276 g/mol. The smallest absolute Gasteiger partial charge is 0.229 e. The first-order valence-electron chi connectivity index (χ1n) is 8.54. The molecule has 2 heterocycles. The van der Waals surface area contributed by atoms with Gasteiger partial charge in [-0.05, 0) is 18.9 Å². The second kappa shape index (κ2) is 5.88. The minimum absolute atomic E-state index is 0.0222. The molecule has 5 nitrogen and oxygen atoms in total. The summed E-state index contributed by atoms with van der Waals surface area (Å²) < 4.78 is 0. The number of aromatic amines is 1. The number of hydrogen-bond acceptors (Lipinski definition) is 3. The van der Waals surface area contributed by atoms with Gasteiger partial charge in [0.05, 0.1) is 17.9 Å². The Balaban J connectivity index is 1.34. The van der Waals surface area contributed by atoms with Crippen LogP contribution >= 0.6 is 0 Å². The summed E-state index contributed by atoms with van der Waals surface area (Å²) in [5.74, 6) is 0.258. The maximum Gasteiger partial charge on any atom is 0.229 e. The molecule has 1 aliphatic heterocycles. The number of nitrogens with one attached hydrogen (secondary N) is 1. The van der Waals surface area contributed by atoms with Crippen molar-refractivity contribution in [2.45, 2.75) is 38.1 Å². The molecule has 1 saturated carbocycles. The minimum Gasteiger partial charge on any atom is -0.348 e. The van der Waals surface area contributed by atoms with Gasteiger partial charge >= 0.3 is 0 Å². The largest absolute Gasteiger partial charge is 0.348 e. The standard InChI is InChI=1S/C17H24N4O/c22-17(13-5-6-15-16(11-13)19-12-18-15)21-9-7-20(8-10-21)14-3-1-2-4-14/h5-6,12-14H,1-4,7-11H2,(H,18,19). The molecule has 1 saturated heterocycles. The Morgan fingerprint density at radius 3 is 2.73 bits per heavy atom. The predicted octanol–water partition coefficient (Wildman–Crippen LogP) is 1.68. The van der Waals surface area contributed by atoms with Gasteiger partial charge in [0, 0.05) is 44.3 Å². The third-order valence-electron chi connectivity index (χ3n) is 5.45. The normalized spacial score (nSPS) is 26.4. The van der Waals surface area contributed by atoms with Crippen molar-refractivity contribution in [1.29, 1.82) is 0 Å². The summed E-state index contributed by atoms with van der Waals surface area (Å²) >= 11 is 0. The molecule has 2 aliphatic carbocycles. The number of nitrogens with zero attached hydrogens (tertiary/aromatic N) is 3. The van der Waals surface area contributed by atoms with E-state index in [-0.39, 0.29) is 11.8 Å². The van der Waals surface area contributed by atoms with Crippen LogP contribution in [0.25, 0.3) is 6.08 Å². The molecule has 4 rings (SSSR count). The molecule has 3 aliphatic rings. The molecule has 0 aromatic carbocycles. The highest BCUT2D eigenvalue weighted by Crippen LogP contribution is 2.26.